The number of methoxy groups -OCH3 is 2. The number of hydrogen-bond acceptors (Lipinski definition) is 8. The van der Waals surface area contributed by atoms with Gasteiger partial charge in [0.25, 0.3) is 0 Å². The Labute approximate surface area is 240 Å². The van der Waals surface area contributed by atoms with Gasteiger partial charge in [0.05, 0.1) is 50.8 Å². The standard InChI is InChI=1S/C30H34N4O6S/c1-38-26-19-24-25(20-27(26)39-2)32-30(35)28(24)29(21-7-5-4-6-8-21)31-22-9-11-23(12-10-22)34(41(3,36)37)14-13-33-15-17-40-18-16-33/h4-12,19-20,28H,13-18H2,1-3H3,(H,32,35). The third-order valence-electron chi connectivity index (χ3n) is 7.24. The average Bonchev–Trinajstić information content (AvgIpc) is 3.30. The van der Waals surface area contributed by atoms with Gasteiger partial charge in [-0.05, 0) is 41.5 Å². The highest BCUT2D eigenvalue weighted by molar-refractivity contribution is 7.92. The minimum atomic E-state index is -3.50. The van der Waals surface area contributed by atoms with Crippen molar-refractivity contribution in [3.8, 4) is 11.5 Å². The zero-order chi connectivity index (χ0) is 29.0. The molecule has 2 aliphatic rings. The van der Waals surface area contributed by atoms with E-state index in [9.17, 15) is 13.2 Å². The average molecular weight is 579 g/mol. The number of carbonyl (C=O) groups is 1. The Kier molecular flexibility index (Phi) is 8.57. The van der Waals surface area contributed by atoms with E-state index in [1.54, 1.807) is 50.6 Å². The first-order valence-electron chi connectivity index (χ1n) is 13.4. The Hall–Kier alpha value is -3.93. The van der Waals surface area contributed by atoms with Gasteiger partial charge in [0.15, 0.2) is 11.5 Å². The summed E-state index contributed by atoms with van der Waals surface area (Å²) < 4.78 is 43.1. The van der Waals surface area contributed by atoms with E-state index >= 15 is 0 Å². The normalized spacial score (nSPS) is 17.6. The third-order valence-corrected chi connectivity index (χ3v) is 8.43. The Balaban J connectivity index is 1.48. The fourth-order valence-electron chi connectivity index (χ4n) is 5.14. The van der Waals surface area contributed by atoms with Crippen molar-refractivity contribution >= 4 is 38.7 Å². The fourth-order valence-corrected chi connectivity index (χ4v) is 6.06. The van der Waals surface area contributed by atoms with Crippen molar-refractivity contribution in [1.82, 2.24) is 4.90 Å². The largest absolute Gasteiger partial charge is 0.493 e. The number of morpholine rings is 1. The number of hydrogen-bond donors (Lipinski definition) is 1. The minimum absolute atomic E-state index is 0.208. The number of aliphatic imine (C=N–C) groups is 1. The number of rotatable bonds is 10. The summed E-state index contributed by atoms with van der Waals surface area (Å²) in [6.07, 6.45) is 1.21. The van der Waals surface area contributed by atoms with Crippen LogP contribution in [0.25, 0.3) is 0 Å². The van der Waals surface area contributed by atoms with Crippen LogP contribution in [0.2, 0.25) is 0 Å². The second-order valence-electron chi connectivity index (χ2n) is 9.89. The number of nitrogens with one attached hydrogen (secondary N) is 1. The molecule has 1 unspecified atom stereocenters. The Bertz CT molecular complexity index is 1520. The van der Waals surface area contributed by atoms with Crippen molar-refractivity contribution in [1.29, 1.82) is 0 Å². The Morgan fingerprint density at radius 3 is 2.32 bits per heavy atom. The summed E-state index contributed by atoms with van der Waals surface area (Å²) in [6, 6.07) is 20.1. The summed E-state index contributed by atoms with van der Waals surface area (Å²) in [6.45, 7) is 3.81. The van der Waals surface area contributed by atoms with E-state index in [4.69, 9.17) is 19.2 Å². The van der Waals surface area contributed by atoms with Gasteiger partial charge in [-0.15, -0.1) is 0 Å². The molecule has 1 N–H and O–H groups in total. The molecule has 1 fully saturated rings. The van der Waals surface area contributed by atoms with Crippen LogP contribution in [0.1, 0.15) is 17.0 Å². The molecule has 0 radical (unpaired) electrons. The lowest BCUT2D eigenvalue weighted by Gasteiger charge is -2.30. The quantitative estimate of drug-likeness (QED) is 0.366. The maximum absolute atomic E-state index is 13.3. The maximum Gasteiger partial charge on any atom is 0.238 e. The molecule has 11 heteroatoms. The number of nitrogens with zero attached hydrogens (tertiary/aromatic N) is 3. The molecule has 2 heterocycles. The highest BCUT2D eigenvalue weighted by Crippen LogP contribution is 2.42. The first-order valence-corrected chi connectivity index (χ1v) is 15.2. The molecule has 0 saturated carbocycles. The van der Waals surface area contributed by atoms with Gasteiger partial charge in [0.1, 0.15) is 5.92 Å². The van der Waals surface area contributed by atoms with Crippen LogP contribution in [-0.4, -0.2) is 84.8 Å². The van der Waals surface area contributed by atoms with Crippen molar-refractivity contribution in [2.45, 2.75) is 5.92 Å². The maximum atomic E-state index is 13.3. The molecule has 0 aromatic heterocycles. The molecule has 2 aliphatic heterocycles. The summed E-state index contributed by atoms with van der Waals surface area (Å²) in [5.74, 6) is 0.140. The van der Waals surface area contributed by atoms with E-state index in [-0.39, 0.29) is 5.91 Å². The molecule has 10 nitrogen and oxygen atoms in total. The summed E-state index contributed by atoms with van der Waals surface area (Å²) in [4.78, 5) is 20.5. The van der Waals surface area contributed by atoms with Gasteiger partial charge >= 0.3 is 0 Å². The van der Waals surface area contributed by atoms with Crippen LogP contribution in [0.5, 0.6) is 11.5 Å². The summed E-state index contributed by atoms with van der Waals surface area (Å²) in [7, 11) is -0.398. The second-order valence-corrected chi connectivity index (χ2v) is 11.8. The van der Waals surface area contributed by atoms with Gasteiger partial charge < -0.3 is 19.5 Å². The van der Waals surface area contributed by atoms with Crippen LogP contribution in [0.15, 0.2) is 71.7 Å². The van der Waals surface area contributed by atoms with Gasteiger partial charge in [-0.2, -0.15) is 0 Å². The molecule has 1 amide bonds. The van der Waals surface area contributed by atoms with E-state index in [0.717, 1.165) is 24.2 Å². The van der Waals surface area contributed by atoms with Crippen LogP contribution in [0, 0.1) is 0 Å². The second kappa shape index (κ2) is 12.3. The first-order chi connectivity index (χ1) is 19.8. The minimum Gasteiger partial charge on any atom is -0.493 e. The number of ether oxygens (including phenoxy) is 3. The lowest BCUT2D eigenvalue weighted by molar-refractivity contribution is -0.115. The van der Waals surface area contributed by atoms with Crippen molar-refractivity contribution < 1.29 is 27.4 Å². The molecule has 216 valence electrons. The molecule has 1 saturated heterocycles. The molecule has 3 aromatic rings. The monoisotopic (exact) mass is 578 g/mol. The number of sulfonamides is 1. The molecular weight excluding hydrogens is 544 g/mol. The molecular formula is C30H34N4O6S. The van der Waals surface area contributed by atoms with E-state index in [0.29, 0.717) is 60.6 Å². The number of anilines is 2. The van der Waals surface area contributed by atoms with Crippen LogP contribution in [-0.2, 0) is 19.6 Å². The van der Waals surface area contributed by atoms with Gasteiger partial charge in [0.2, 0.25) is 15.9 Å². The zero-order valence-corrected chi connectivity index (χ0v) is 24.2. The lowest BCUT2D eigenvalue weighted by Crippen LogP contribution is -2.42. The predicted molar refractivity (Wildman–Crippen MR) is 159 cm³/mol. The van der Waals surface area contributed by atoms with Crippen LogP contribution < -0.4 is 19.1 Å². The molecule has 3 aromatic carbocycles. The molecule has 0 bridgehead atoms. The smallest absolute Gasteiger partial charge is 0.238 e. The van der Waals surface area contributed by atoms with Crippen molar-refractivity contribution in [3.63, 3.8) is 0 Å². The Morgan fingerprint density at radius 2 is 1.68 bits per heavy atom. The number of amides is 1. The highest BCUT2D eigenvalue weighted by atomic mass is 32.2. The van der Waals surface area contributed by atoms with E-state index in [1.165, 1.54) is 10.6 Å². The van der Waals surface area contributed by atoms with E-state index in [1.807, 2.05) is 30.3 Å². The van der Waals surface area contributed by atoms with Crippen LogP contribution >= 0.6 is 0 Å². The van der Waals surface area contributed by atoms with Crippen molar-refractivity contribution in [2.24, 2.45) is 4.99 Å². The third kappa shape index (κ3) is 6.37. The van der Waals surface area contributed by atoms with Crippen molar-refractivity contribution in [2.75, 3.05) is 69.5 Å². The number of carbonyl (C=O) groups excluding carboxylic acids is 1. The van der Waals surface area contributed by atoms with Crippen LogP contribution in [0.3, 0.4) is 0 Å². The molecule has 0 aliphatic carbocycles. The zero-order valence-electron chi connectivity index (χ0n) is 23.4. The van der Waals surface area contributed by atoms with Gasteiger partial charge in [0, 0.05) is 37.9 Å². The van der Waals surface area contributed by atoms with Crippen LogP contribution in [0.4, 0.5) is 17.1 Å². The van der Waals surface area contributed by atoms with Gasteiger partial charge in [-0.25, -0.2) is 8.42 Å². The van der Waals surface area contributed by atoms with E-state index < -0.39 is 15.9 Å². The van der Waals surface area contributed by atoms with E-state index in [2.05, 4.69) is 10.2 Å². The highest BCUT2D eigenvalue weighted by Gasteiger charge is 2.36. The van der Waals surface area contributed by atoms with Crippen molar-refractivity contribution in [3.05, 3.63) is 77.9 Å². The molecule has 1 atom stereocenters. The molecule has 5 rings (SSSR count). The van der Waals surface area contributed by atoms with Gasteiger partial charge in [-0.3, -0.25) is 19.0 Å². The topological polar surface area (TPSA) is 110 Å². The summed E-state index contributed by atoms with van der Waals surface area (Å²) in [5, 5.41) is 2.95. The first kappa shape index (κ1) is 28.6. The predicted octanol–water partition coefficient (Wildman–Crippen LogP) is 3.66. The number of fused-ring (bicyclic) bond motifs is 1. The lowest BCUT2D eigenvalue weighted by atomic mass is 9.90. The molecule has 41 heavy (non-hydrogen) atoms. The Morgan fingerprint density at radius 1 is 1.02 bits per heavy atom. The molecule has 0 spiro atoms. The summed E-state index contributed by atoms with van der Waals surface area (Å²) >= 11 is 0. The SMILES string of the molecule is COc1cc2c(cc1OC)C(C(=Nc1ccc(N(CCN3CCOCC3)S(C)(=O)=O)cc1)c1ccccc1)C(=O)N2. The van der Waals surface area contributed by atoms with Gasteiger partial charge in [-0.1, -0.05) is 30.3 Å². The summed E-state index contributed by atoms with van der Waals surface area (Å²) in [5.41, 5.74) is 3.88. The number of benzene rings is 3. The fraction of sp³-hybridized carbons (Fsp3) is 0.333.